The maximum atomic E-state index is 12.9. The van der Waals surface area contributed by atoms with Gasteiger partial charge in [-0.3, -0.25) is 0 Å². The molecule has 1 unspecified atom stereocenters. The normalized spacial score (nSPS) is 15.2. The van der Waals surface area contributed by atoms with E-state index < -0.39 is 10.8 Å². The standard InChI is InChI=1S/C18H16O3S/c1-2-3-10-21-16-9-8-14(12-19)15-11-13-6-4-5-7-17(13)22(20)18(15)16/h4-9,11H,2-3,10H2,1H3. The molecule has 1 heterocycles. The molecule has 0 amide bonds. The maximum Gasteiger partial charge on any atom is 0.136 e. The molecule has 0 fully saturated rings. The highest BCUT2D eigenvalue weighted by molar-refractivity contribution is 7.85. The minimum atomic E-state index is -1.35. The van der Waals surface area contributed by atoms with Gasteiger partial charge in [-0.2, -0.15) is 0 Å². The van der Waals surface area contributed by atoms with Crippen LogP contribution < -0.4 is 15.2 Å². The van der Waals surface area contributed by atoms with E-state index in [0.717, 1.165) is 23.3 Å². The lowest BCUT2D eigenvalue weighted by Crippen LogP contribution is -2.33. The molecule has 2 aromatic rings. The number of hydrogen-bond acceptors (Lipinski definition) is 3. The van der Waals surface area contributed by atoms with Gasteiger partial charge in [-0.15, -0.1) is 0 Å². The molecule has 3 rings (SSSR count). The molecular formula is C18H16O3S. The minimum Gasteiger partial charge on any atom is -0.492 e. The second-order valence-electron chi connectivity index (χ2n) is 5.11. The Bertz CT molecular complexity index is 880. The van der Waals surface area contributed by atoms with E-state index in [1.807, 2.05) is 36.3 Å². The zero-order valence-corrected chi connectivity index (χ0v) is 13.1. The third-order valence-corrected chi connectivity index (χ3v) is 5.19. The molecule has 2 aromatic carbocycles. The van der Waals surface area contributed by atoms with Crippen molar-refractivity contribution in [2.24, 2.45) is 0 Å². The molecule has 0 saturated carbocycles. The molecule has 0 radical (unpaired) electrons. The van der Waals surface area contributed by atoms with E-state index in [-0.39, 0.29) is 0 Å². The molecule has 0 spiro atoms. The quantitative estimate of drug-likeness (QED) is 0.689. The molecule has 0 aliphatic carbocycles. The molecule has 0 saturated heterocycles. The van der Waals surface area contributed by atoms with Gasteiger partial charge in [-0.25, -0.2) is 9.00 Å². The first-order valence-corrected chi connectivity index (χ1v) is 8.44. The van der Waals surface area contributed by atoms with Crippen LogP contribution in [0.2, 0.25) is 0 Å². The lowest BCUT2D eigenvalue weighted by molar-refractivity contribution is 0.301. The van der Waals surface area contributed by atoms with E-state index in [9.17, 15) is 9.00 Å². The molecule has 1 aliphatic heterocycles. The molecular weight excluding hydrogens is 296 g/mol. The molecule has 0 bridgehead atoms. The smallest absolute Gasteiger partial charge is 0.136 e. The summed E-state index contributed by atoms with van der Waals surface area (Å²) in [4.78, 5) is 12.5. The van der Waals surface area contributed by atoms with Crippen molar-refractivity contribution in [1.29, 1.82) is 0 Å². The van der Waals surface area contributed by atoms with Crippen LogP contribution in [0.15, 0.2) is 46.2 Å². The summed E-state index contributed by atoms with van der Waals surface area (Å²) in [6.07, 6.45) is 3.85. The number of rotatable bonds is 4. The van der Waals surface area contributed by atoms with Crippen LogP contribution in [-0.4, -0.2) is 16.8 Å². The summed E-state index contributed by atoms with van der Waals surface area (Å²) in [5.74, 6) is 2.52. The predicted molar refractivity (Wildman–Crippen MR) is 85.6 cm³/mol. The van der Waals surface area contributed by atoms with Crippen LogP contribution >= 0.6 is 0 Å². The monoisotopic (exact) mass is 312 g/mol. The largest absolute Gasteiger partial charge is 0.492 e. The van der Waals surface area contributed by atoms with Gasteiger partial charge in [-0.1, -0.05) is 31.5 Å². The van der Waals surface area contributed by atoms with Crippen molar-refractivity contribution in [2.45, 2.75) is 29.6 Å². The summed E-state index contributed by atoms with van der Waals surface area (Å²) >= 11 is 0. The first kappa shape index (κ1) is 14.8. The predicted octanol–water partition coefficient (Wildman–Crippen LogP) is 1.68. The molecule has 1 atom stereocenters. The second-order valence-corrected chi connectivity index (χ2v) is 6.49. The van der Waals surface area contributed by atoms with Crippen LogP contribution in [0.4, 0.5) is 0 Å². The highest BCUT2D eigenvalue weighted by Gasteiger charge is 2.21. The Balaban J connectivity index is 2.24. The van der Waals surface area contributed by atoms with Crippen LogP contribution in [-0.2, 0) is 15.6 Å². The van der Waals surface area contributed by atoms with Gasteiger partial charge >= 0.3 is 0 Å². The Kier molecular flexibility index (Phi) is 4.23. The third kappa shape index (κ3) is 2.52. The first-order chi connectivity index (χ1) is 10.8. The lowest BCUT2D eigenvalue weighted by Gasteiger charge is -2.16. The zero-order chi connectivity index (χ0) is 15.5. The number of carbonyl (C=O) groups excluding carboxylic acids is 1. The van der Waals surface area contributed by atoms with Crippen molar-refractivity contribution < 1.29 is 13.7 Å². The summed E-state index contributed by atoms with van der Waals surface area (Å²) in [5.41, 5.74) is 0.871. The third-order valence-electron chi connectivity index (χ3n) is 3.63. The fourth-order valence-electron chi connectivity index (χ4n) is 2.48. The van der Waals surface area contributed by atoms with Gasteiger partial charge in [0.05, 0.1) is 32.4 Å². The summed E-state index contributed by atoms with van der Waals surface area (Å²) in [7, 11) is -1.35. The summed E-state index contributed by atoms with van der Waals surface area (Å²) in [5, 5.41) is 1.07. The van der Waals surface area contributed by atoms with Gasteiger partial charge in [0.1, 0.15) is 11.7 Å². The molecule has 3 nitrogen and oxygen atoms in total. The summed E-state index contributed by atoms with van der Waals surface area (Å²) in [6.45, 7) is 2.66. The summed E-state index contributed by atoms with van der Waals surface area (Å²) < 4.78 is 18.7. The van der Waals surface area contributed by atoms with E-state index in [1.165, 1.54) is 0 Å². The highest BCUT2D eigenvalue weighted by Crippen LogP contribution is 2.28. The molecule has 4 heteroatoms. The van der Waals surface area contributed by atoms with Crippen molar-refractivity contribution in [3.63, 3.8) is 0 Å². The van der Waals surface area contributed by atoms with E-state index in [1.54, 1.807) is 12.1 Å². The first-order valence-electron chi connectivity index (χ1n) is 7.29. The van der Waals surface area contributed by atoms with Gasteiger partial charge in [0, 0.05) is 5.22 Å². The lowest BCUT2D eigenvalue weighted by atomic mass is 10.1. The number of unbranched alkanes of at least 4 members (excludes halogenated alkanes) is 1. The molecule has 0 N–H and O–H groups in total. The number of benzene rings is 2. The van der Waals surface area contributed by atoms with Crippen molar-refractivity contribution in [1.82, 2.24) is 0 Å². The summed E-state index contributed by atoms with van der Waals surface area (Å²) in [6, 6.07) is 10.9. The van der Waals surface area contributed by atoms with Crippen LogP contribution in [0.3, 0.4) is 0 Å². The van der Waals surface area contributed by atoms with Gasteiger partial charge in [-0.05, 0) is 36.3 Å². The Hall–Kier alpha value is -2.16. The Morgan fingerprint density at radius 3 is 2.77 bits per heavy atom. The second kappa shape index (κ2) is 6.30. The molecule has 0 aromatic heterocycles. The van der Waals surface area contributed by atoms with E-state index in [2.05, 4.69) is 6.92 Å². The average Bonchev–Trinajstić information content (AvgIpc) is 2.55. The molecule has 112 valence electrons. The molecule has 1 aliphatic rings. The molecule has 22 heavy (non-hydrogen) atoms. The maximum absolute atomic E-state index is 12.9. The van der Waals surface area contributed by atoms with Crippen LogP contribution in [0.5, 0.6) is 5.75 Å². The van der Waals surface area contributed by atoms with Crippen molar-refractivity contribution >= 4 is 22.8 Å². The minimum absolute atomic E-state index is 0.417. The van der Waals surface area contributed by atoms with Crippen molar-refractivity contribution in [3.05, 3.63) is 52.4 Å². The Morgan fingerprint density at radius 2 is 2.00 bits per heavy atom. The SMILES string of the molecule is CCCCOc1ccc(=C=O)c2c1S(=O)c1ccccc1C=2. The van der Waals surface area contributed by atoms with Crippen LogP contribution in [0.1, 0.15) is 25.3 Å². The van der Waals surface area contributed by atoms with E-state index in [4.69, 9.17) is 4.74 Å². The zero-order valence-electron chi connectivity index (χ0n) is 12.3. The highest BCUT2D eigenvalue weighted by atomic mass is 32.2. The number of hydrogen-bond donors (Lipinski definition) is 0. The Labute approximate surface area is 131 Å². The van der Waals surface area contributed by atoms with E-state index >= 15 is 0 Å². The van der Waals surface area contributed by atoms with Crippen molar-refractivity contribution in [3.8, 4) is 5.75 Å². The number of fused-ring (bicyclic) bond motifs is 2. The fourth-order valence-corrected chi connectivity index (χ4v) is 3.92. The topological polar surface area (TPSA) is 43.4 Å². The van der Waals surface area contributed by atoms with Gasteiger partial charge in [0.15, 0.2) is 0 Å². The van der Waals surface area contributed by atoms with Crippen LogP contribution in [0, 0.1) is 0 Å². The van der Waals surface area contributed by atoms with Gasteiger partial charge in [0.2, 0.25) is 0 Å². The van der Waals surface area contributed by atoms with Crippen LogP contribution in [0.25, 0.3) is 6.08 Å². The average molecular weight is 312 g/mol. The van der Waals surface area contributed by atoms with Gasteiger partial charge < -0.3 is 4.74 Å². The number of ether oxygens (including phenoxy) is 1. The fraction of sp³-hybridized carbons (Fsp3) is 0.222. The van der Waals surface area contributed by atoms with E-state index in [0.29, 0.717) is 27.7 Å². The van der Waals surface area contributed by atoms with Gasteiger partial charge in [0.25, 0.3) is 0 Å². The van der Waals surface area contributed by atoms with Crippen molar-refractivity contribution in [2.75, 3.05) is 6.61 Å². The Morgan fingerprint density at radius 1 is 1.18 bits per heavy atom.